The van der Waals surface area contributed by atoms with E-state index in [0.29, 0.717) is 25.4 Å². The number of methoxy groups -OCH3 is 2. The summed E-state index contributed by atoms with van der Waals surface area (Å²) in [6.07, 6.45) is 3.21. The SMILES string of the molecule is COCCN(CCOC)CCOc1ccc(NC(=O)c2ccc3c(c2)CC(C)(C)CC(C)(C)C3)cc1. The summed E-state index contributed by atoms with van der Waals surface area (Å²) >= 11 is 0. The van der Waals surface area contributed by atoms with Crippen molar-refractivity contribution in [2.45, 2.75) is 47.0 Å². The predicted octanol–water partition coefficient (Wildman–Crippen LogP) is 5.45. The van der Waals surface area contributed by atoms with Gasteiger partial charge in [0.15, 0.2) is 0 Å². The maximum absolute atomic E-state index is 13.0. The monoisotopic (exact) mass is 496 g/mol. The minimum atomic E-state index is -0.0836. The summed E-state index contributed by atoms with van der Waals surface area (Å²) in [6, 6.07) is 13.7. The molecule has 0 aromatic heterocycles. The van der Waals surface area contributed by atoms with E-state index in [0.717, 1.165) is 43.9 Å². The highest BCUT2D eigenvalue weighted by molar-refractivity contribution is 6.04. The van der Waals surface area contributed by atoms with Gasteiger partial charge in [0.1, 0.15) is 12.4 Å². The molecule has 0 radical (unpaired) electrons. The molecule has 198 valence electrons. The van der Waals surface area contributed by atoms with E-state index in [4.69, 9.17) is 14.2 Å². The minimum absolute atomic E-state index is 0.0836. The molecular formula is C30H44N2O4. The maximum Gasteiger partial charge on any atom is 0.255 e. The van der Waals surface area contributed by atoms with Gasteiger partial charge in [0, 0.05) is 45.1 Å². The van der Waals surface area contributed by atoms with E-state index in [2.05, 4.69) is 50.0 Å². The third-order valence-corrected chi connectivity index (χ3v) is 6.78. The van der Waals surface area contributed by atoms with Crippen molar-refractivity contribution < 1.29 is 19.0 Å². The first kappa shape index (κ1) is 28.2. The molecular weight excluding hydrogens is 452 g/mol. The number of hydrogen-bond donors (Lipinski definition) is 1. The third kappa shape index (κ3) is 8.61. The van der Waals surface area contributed by atoms with Gasteiger partial charge in [0.05, 0.1) is 13.2 Å². The van der Waals surface area contributed by atoms with E-state index in [-0.39, 0.29) is 16.7 Å². The number of benzene rings is 2. The van der Waals surface area contributed by atoms with Crippen molar-refractivity contribution in [1.82, 2.24) is 4.90 Å². The second-order valence-electron chi connectivity index (χ2n) is 11.5. The molecule has 1 aliphatic carbocycles. The van der Waals surface area contributed by atoms with Crippen molar-refractivity contribution in [3.05, 3.63) is 59.2 Å². The van der Waals surface area contributed by atoms with Crippen LogP contribution in [0.25, 0.3) is 0 Å². The number of hydrogen-bond acceptors (Lipinski definition) is 5. The van der Waals surface area contributed by atoms with Gasteiger partial charge in [-0.1, -0.05) is 33.8 Å². The number of rotatable bonds is 12. The van der Waals surface area contributed by atoms with Crippen LogP contribution in [0.3, 0.4) is 0 Å². The van der Waals surface area contributed by atoms with Gasteiger partial charge >= 0.3 is 0 Å². The maximum atomic E-state index is 13.0. The zero-order valence-electron chi connectivity index (χ0n) is 23.0. The van der Waals surface area contributed by atoms with Crippen LogP contribution in [0.4, 0.5) is 5.69 Å². The molecule has 0 unspecified atom stereocenters. The van der Waals surface area contributed by atoms with Crippen molar-refractivity contribution in [3.63, 3.8) is 0 Å². The van der Waals surface area contributed by atoms with E-state index in [1.165, 1.54) is 17.5 Å². The first-order valence-corrected chi connectivity index (χ1v) is 13.0. The van der Waals surface area contributed by atoms with Crippen LogP contribution >= 0.6 is 0 Å². The van der Waals surface area contributed by atoms with Gasteiger partial charge in [-0.2, -0.15) is 0 Å². The summed E-state index contributed by atoms with van der Waals surface area (Å²) in [6.45, 7) is 13.7. The Bertz CT molecular complexity index is 977. The number of anilines is 1. The summed E-state index contributed by atoms with van der Waals surface area (Å²) < 4.78 is 16.3. The molecule has 0 saturated heterocycles. The summed E-state index contributed by atoms with van der Waals surface area (Å²) in [4.78, 5) is 15.3. The highest BCUT2D eigenvalue weighted by atomic mass is 16.5. The van der Waals surface area contributed by atoms with Crippen LogP contribution < -0.4 is 10.1 Å². The van der Waals surface area contributed by atoms with Crippen LogP contribution in [0, 0.1) is 10.8 Å². The minimum Gasteiger partial charge on any atom is -0.492 e. The van der Waals surface area contributed by atoms with Crippen molar-refractivity contribution in [2.24, 2.45) is 10.8 Å². The van der Waals surface area contributed by atoms with Crippen molar-refractivity contribution >= 4 is 11.6 Å². The summed E-state index contributed by atoms with van der Waals surface area (Å²) in [5.74, 6) is 0.695. The lowest BCUT2D eigenvalue weighted by Gasteiger charge is -2.31. The molecule has 1 amide bonds. The molecule has 0 aliphatic heterocycles. The number of nitrogens with zero attached hydrogens (tertiary/aromatic N) is 1. The highest BCUT2D eigenvalue weighted by Gasteiger charge is 2.33. The fourth-order valence-electron chi connectivity index (χ4n) is 5.46. The molecule has 0 bridgehead atoms. The normalized spacial score (nSPS) is 16.3. The molecule has 2 aromatic rings. The van der Waals surface area contributed by atoms with Crippen LogP contribution in [-0.2, 0) is 22.3 Å². The fourth-order valence-corrected chi connectivity index (χ4v) is 5.46. The van der Waals surface area contributed by atoms with Crippen molar-refractivity contribution in [2.75, 3.05) is 59.0 Å². The number of amides is 1. The third-order valence-electron chi connectivity index (χ3n) is 6.78. The van der Waals surface area contributed by atoms with Crippen molar-refractivity contribution in [3.8, 4) is 5.75 Å². The fraction of sp³-hybridized carbons (Fsp3) is 0.567. The number of fused-ring (bicyclic) bond motifs is 1. The van der Waals surface area contributed by atoms with Gasteiger partial charge in [0.2, 0.25) is 0 Å². The predicted molar refractivity (Wildman–Crippen MR) is 146 cm³/mol. The van der Waals surface area contributed by atoms with Gasteiger partial charge in [-0.3, -0.25) is 9.69 Å². The largest absolute Gasteiger partial charge is 0.492 e. The van der Waals surface area contributed by atoms with Gasteiger partial charge in [-0.05, 0) is 77.6 Å². The lowest BCUT2D eigenvalue weighted by Crippen LogP contribution is -2.34. The van der Waals surface area contributed by atoms with Crippen molar-refractivity contribution in [1.29, 1.82) is 0 Å². The summed E-state index contributed by atoms with van der Waals surface area (Å²) in [7, 11) is 3.42. The molecule has 2 aromatic carbocycles. The Morgan fingerprint density at radius 3 is 2.03 bits per heavy atom. The van der Waals surface area contributed by atoms with Crippen LogP contribution in [0.1, 0.15) is 55.6 Å². The molecule has 1 aliphatic rings. The molecule has 3 rings (SSSR count). The standard InChI is InChI=1S/C30H44N2O4/c1-29(2)20-24-8-7-23(19-25(24)21-30(3,4)22-29)28(33)31-26-9-11-27(12-10-26)36-18-15-32(13-16-34-5)14-17-35-6/h7-12,19H,13-18,20-22H2,1-6H3,(H,31,33). The van der Waals surface area contributed by atoms with Crippen LogP contribution in [0.2, 0.25) is 0 Å². The quantitative estimate of drug-likeness (QED) is 0.396. The molecule has 6 heteroatoms. The van der Waals surface area contributed by atoms with Gasteiger partial charge in [-0.15, -0.1) is 0 Å². The first-order chi connectivity index (χ1) is 17.1. The van der Waals surface area contributed by atoms with Gasteiger partial charge < -0.3 is 19.5 Å². The first-order valence-electron chi connectivity index (χ1n) is 13.0. The Morgan fingerprint density at radius 2 is 1.42 bits per heavy atom. The Balaban J connectivity index is 1.56. The Hall–Kier alpha value is -2.41. The van der Waals surface area contributed by atoms with E-state index in [9.17, 15) is 4.79 Å². The molecule has 6 nitrogen and oxygen atoms in total. The van der Waals surface area contributed by atoms with Crippen LogP contribution in [-0.4, -0.2) is 64.5 Å². The average Bonchev–Trinajstić information content (AvgIpc) is 2.91. The molecule has 0 saturated carbocycles. The molecule has 1 N–H and O–H groups in total. The Morgan fingerprint density at radius 1 is 0.833 bits per heavy atom. The number of carbonyl (C=O) groups is 1. The Labute approximate surface area is 217 Å². The van der Waals surface area contributed by atoms with E-state index in [1.807, 2.05) is 30.3 Å². The molecule has 0 spiro atoms. The van der Waals surface area contributed by atoms with Crippen LogP contribution in [0.15, 0.2) is 42.5 Å². The lowest BCUT2D eigenvalue weighted by atomic mass is 9.73. The molecule has 0 fully saturated rings. The molecule has 0 atom stereocenters. The van der Waals surface area contributed by atoms with E-state index >= 15 is 0 Å². The zero-order valence-corrected chi connectivity index (χ0v) is 23.0. The van der Waals surface area contributed by atoms with Gasteiger partial charge in [0.25, 0.3) is 5.91 Å². The second kappa shape index (κ2) is 12.7. The number of nitrogens with one attached hydrogen (secondary N) is 1. The molecule has 0 heterocycles. The molecule has 36 heavy (non-hydrogen) atoms. The lowest BCUT2D eigenvalue weighted by molar-refractivity contribution is 0.102. The Kier molecular flexibility index (Phi) is 9.94. The van der Waals surface area contributed by atoms with E-state index < -0.39 is 0 Å². The number of carbonyl (C=O) groups excluding carboxylic acids is 1. The second-order valence-corrected chi connectivity index (χ2v) is 11.5. The smallest absolute Gasteiger partial charge is 0.255 e. The van der Waals surface area contributed by atoms with E-state index in [1.54, 1.807) is 14.2 Å². The topological polar surface area (TPSA) is 60.0 Å². The number of ether oxygens (including phenoxy) is 3. The van der Waals surface area contributed by atoms with Gasteiger partial charge in [-0.25, -0.2) is 0 Å². The zero-order chi connectivity index (χ0) is 26.2. The highest BCUT2D eigenvalue weighted by Crippen LogP contribution is 2.43. The van der Waals surface area contributed by atoms with Crippen LogP contribution in [0.5, 0.6) is 5.75 Å². The summed E-state index contributed by atoms with van der Waals surface area (Å²) in [5, 5.41) is 3.03. The summed E-state index contributed by atoms with van der Waals surface area (Å²) in [5.41, 5.74) is 4.60. The average molecular weight is 497 g/mol.